The highest BCUT2D eigenvalue weighted by Gasteiger charge is 2.33. The number of halogens is 1. The van der Waals surface area contributed by atoms with Crippen molar-refractivity contribution in [1.82, 2.24) is 9.21 Å². The number of nitrogens with zero attached hydrogens (tertiary/aromatic N) is 2. The summed E-state index contributed by atoms with van der Waals surface area (Å²) in [5.74, 6) is 1.16. The van der Waals surface area contributed by atoms with Gasteiger partial charge in [-0.2, -0.15) is 4.31 Å². The van der Waals surface area contributed by atoms with Gasteiger partial charge in [0.1, 0.15) is 16.4 Å². The van der Waals surface area contributed by atoms with Gasteiger partial charge < -0.3 is 9.32 Å². The Kier molecular flexibility index (Phi) is 4.79. The minimum Gasteiger partial charge on any atom is -0.465 e. The van der Waals surface area contributed by atoms with E-state index in [0.29, 0.717) is 30.2 Å². The monoisotopic (exact) mass is 320 g/mol. The number of piperazine rings is 1. The molecule has 0 aromatic carbocycles. The Bertz CT molecular complexity index is 575. The van der Waals surface area contributed by atoms with E-state index in [0.717, 1.165) is 19.6 Å². The van der Waals surface area contributed by atoms with E-state index in [-0.39, 0.29) is 10.8 Å². The summed E-state index contributed by atoms with van der Waals surface area (Å²) in [4.78, 5) is 2.50. The number of hydrogen-bond donors (Lipinski definition) is 0. The minimum atomic E-state index is -3.52. The van der Waals surface area contributed by atoms with Crippen LogP contribution in [-0.2, 0) is 15.9 Å². The van der Waals surface area contributed by atoms with E-state index >= 15 is 0 Å². The summed E-state index contributed by atoms with van der Waals surface area (Å²) in [6.45, 7) is 9.02. The van der Waals surface area contributed by atoms with Crippen molar-refractivity contribution in [3.63, 3.8) is 0 Å². The molecule has 0 bridgehead atoms. The molecule has 1 aliphatic rings. The van der Waals surface area contributed by atoms with Crippen LogP contribution in [0.25, 0.3) is 0 Å². The maximum atomic E-state index is 12.8. The Balaban J connectivity index is 2.32. The van der Waals surface area contributed by atoms with Crippen LogP contribution in [0.2, 0.25) is 0 Å². The van der Waals surface area contributed by atoms with Gasteiger partial charge in [-0.3, -0.25) is 0 Å². The third-order valence-corrected chi connectivity index (χ3v) is 6.20. The number of hydrogen-bond acceptors (Lipinski definition) is 4. The van der Waals surface area contributed by atoms with Crippen LogP contribution in [0.4, 0.5) is 0 Å². The zero-order valence-electron chi connectivity index (χ0n) is 12.1. The molecule has 2 rings (SSSR count). The van der Waals surface area contributed by atoms with E-state index in [4.69, 9.17) is 16.0 Å². The van der Waals surface area contributed by atoms with Crippen LogP contribution in [-0.4, -0.2) is 50.3 Å². The molecule has 0 radical (unpaired) electrons. The van der Waals surface area contributed by atoms with Gasteiger partial charge in [0.2, 0.25) is 10.0 Å². The fourth-order valence-electron chi connectivity index (χ4n) is 2.62. The van der Waals surface area contributed by atoms with Crippen molar-refractivity contribution < 1.29 is 12.8 Å². The molecule has 114 valence electrons. The quantitative estimate of drug-likeness (QED) is 0.796. The number of sulfonamides is 1. The third-order valence-electron chi connectivity index (χ3n) is 3.83. The zero-order chi connectivity index (χ0) is 14.9. The average Bonchev–Trinajstić information content (AvgIpc) is 2.73. The highest BCUT2D eigenvalue weighted by atomic mass is 35.5. The molecule has 0 atom stereocenters. The second-order valence-corrected chi connectivity index (χ2v) is 7.14. The molecule has 2 heterocycles. The number of furan rings is 1. The number of likely N-dealkylation sites (N-methyl/N-ethyl adjacent to an activating group) is 1. The van der Waals surface area contributed by atoms with Crippen molar-refractivity contribution in [2.45, 2.75) is 31.5 Å². The first-order valence-electron chi connectivity index (χ1n) is 6.79. The van der Waals surface area contributed by atoms with Gasteiger partial charge in [0.15, 0.2) is 0 Å². The van der Waals surface area contributed by atoms with E-state index < -0.39 is 10.0 Å². The molecule has 0 spiro atoms. The lowest BCUT2D eigenvalue weighted by molar-refractivity contribution is 0.196. The summed E-state index contributed by atoms with van der Waals surface area (Å²) in [6.07, 6.45) is 0. The molecule has 0 saturated carbocycles. The second kappa shape index (κ2) is 6.05. The van der Waals surface area contributed by atoms with Crippen molar-refractivity contribution in [3.05, 3.63) is 17.1 Å². The lowest BCUT2D eigenvalue weighted by Crippen LogP contribution is -2.48. The van der Waals surface area contributed by atoms with Gasteiger partial charge in [-0.1, -0.05) is 6.92 Å². The van der Waals surface area contributed by atoms with Crippen LogP contribution in [0.15, 0.2) is 9.31 Å². The van der Waals surface area contributed by atoms with Crippen molar-refractivity contribution in [1.29, 1.82) is 0 Å². The molecular formula is C13H21ClN2O3S. The standard InChI is InChI=1S/C13H21ClN2O3S/c1-4-15-5-7-16(8-6-15)20(17,18)13-11(3)19-10(2)12(13)9-14/h4-9H2,1-3H3. The van der Waals surface area contributed by atoms with Gasteiger partial charge >= 0.3 is 0 Å². The minimum absolute atomic E-state index is 0.145. The molecule has 1 aliphatic heterocycles. The first kappa shape index (κ1) is 15.8. The van der Waals surface area contributed by atoms with E-state index in [2.05, 4.69) is 11.8 Å². The number of rotatable bonds is 4. The fraction of sp³-hybridized carbons (Fsp3) is 0.692. The van der Waals surface area contributed by atoms with Gasteiger partial charge in [-0.25, -0.2) is 8.42 Å². The average molecular weight is 321 g/mol. The van der Waals surface area contributed by atoms with E-state index in [9.17, 15) is 8.42 Å². The molecule has 1 aromatic heterocycles. The maximum Gasteiger partial charge on any atom is 0.246 e. The Hall–Kier alpha value is -0.560. The van der Waals surface area contributed by atoms with Crippen molar-refractivity contribution in [3.8, 4) is 0 Å². The van der Waals surface area contributed by atoms with Gasteiger partial charge in [0.25, 0.3) is 0 Å². The Morgan fingerprint density at radius 2 is 1.75 bits per heavy atom. The molecule has 1 aromatic rings. The summed E-state index contributed by atoms with van der Waals surface area (Å²) in [6, 6.07) is 0. The predicted octanol–water partition coefficient (Wildman–Crippen LogP) is 1.96. The summed E-state index contributed by atoms with van der Waals surface area (Å²) < 4.78 is 32.6. The Labute approximate surface area is 125 Å². The zero-order valence-corrected chi connectivity index (χ0v) is 13.7. The largest absolute Gasteiger partial charge is 0.465 e. The van der Waals surface area contributed by atoms with Crippen molar-refractivity contribution >= 4 is 21.6 Å². The number of alkyl halides is 1. The molecular weight excluding hydrogens is 300 g/mol. The van der Waals surface area contributed by atoms with Crippen LogP contribution < -0.4 is 0 Å². The van der Waals surface area contributed by atoms with E-state index in [1.54, 1.807) is 13.8 Å². The summed E-state index contributed by atoms with van der Waals surface area (Å²) in [5.41, 5.74) is 0.585. The van der Waals surface area contributed by atoms with Crippen LogP contribution in [0.3, 0.4) is 0 Å². The normalized spacial score (nSPS) is 18.6. The van der Waals surface area contributed by atoms with Gasteiger partial charge in [0, 0.05) is 31.7 Å². The van der Waals surface area contributed by atoms with Crippen LogP contribution >= 0.6 is 11.6 Å². The fourth-order valence-corrected chi connectivity index (χ4v) is 4.85. The smallest absolute Gasteiger partial charge is 0.246 e. The van der Waals surface area contributed by atoms with Gasteiger partial charge in [-0.15, -0.1) is 11.6 Å². The molecule has 0 amide bonds. The SMILES string of the molecule is CCN1CCN(S(=O)(=O)c2c(C)oc(C)c2CCl)CC1. The molecule has 1 fully saturated rings. The maximum absolute atomic E-state index is 12.8. The first-order chi connectivity index (χ1) is 9.41. The predicted molar refractivity (Wildman–Crippen MR) is 78.6 cm³/mol. The summed E-state index contributed by atoms with van der Waals surface area (Å²) in [5, 5.41) is 0. The summed E-state index contributed by atoms with van der Waals surface area (Å²) in [7, 11) is -3.52. The molecule has 1 saturated heterocycles. The molecule has 20 heavy (non-hydrogen) atoms. The van der Waals surface area contributed by atoms with E-state index in [1.165, 1.54) is 4.31 Å². The third kappa shape index (κ3) is 2.74. The Morgan fingerprint density at radius 3 is 2.25 bits per heavy atom. The van der Waals surface area contributed by atoms with Gasteiger partial charge in [0.05, 0.1) is 5.88 Å². The highest BCUT2D eigenvalue weighted by Crippen LogP contribution is 2.30. The second-order valence-electron chi connectivity index (χ2n) is 4.99. The van der Waals surface area contributed by atoms with E-state index in [1.807, 2.05) is 0 Å². The van der Waals surface area contributed by atoms with Crippen molar-refractivity contribution in [2.75, 3.05) is 32.7 Å². The number of aryl methyl sites for hydroxylation is 2. The molecule has 5 nitrogen and oxygen atoms in total. The molecule has 7 heteroatoms. The molecule has 0 aliphatic carbocycles. The van der Waals surface area contributed by atoms with Crippen LogP contribution in [0.5, 0.6) is 0 Å². The molecule has 0 N–H and O–H groups in total. The molecule has 0 unspecified atom stereocenters. The van der Waals surface area contributed by atoms with Crippen LogP contribution in [0.1, 0.15) is 24.0 Å². The van der Waals surface area contributed by atoms with Crippen molar-refractivity contribution in [2.24, 2.45) is 0 Å². The Morgan fingerprint density at radius 1 is 1.15 bits per heavy atom. The topological polar surface area (TPSA) is 53.8 Å². The lowest BCUT2D eigenvalue weighted by Gasteiger charge is -2.33. The lowest BCUT2D eigenvalue weighted by atomic mass is 10.3. The highest BCUT2D eigenvalue weighted by molar-refractivity contribution is 7.89. The first-order valence-corrected chi connectivity index (χ1v) is 8.76. The van der Waals surface area contributed by atoms with Crippen LogP contribution in [0, 0.1) is 13.8 Å². The van der Waals surface area contributed by atoms with Gasteiger partial charge in [-0.05, 0) is 20.4 Å². The summed E-state index contributed by atoms with van der Waals surface area (Å²) >= 11 is 5.89.